The molecule has 0 aliphatic heterocycles. The lowest BCUT2D eigenvalue weighted by Gasteiger charge is -2.06. The maximum atomic E-state index is 11.9. The number of benzene rings is 1. The largest absolute Gasteiger partial charge is 0.364 e. The standard InChI is InChI=1S/C12H13BrN2O3S/c13-11-3-5-12(6-4-11)19(16,17)15-7-1-2-10-8-14-18-9-10/h3-6,8-9,15H,1-2,7H2. The van der Waals surface area contributed by atoms with E-state index in [1.54, 1.807) is 36.7 Å². The van der Waals surface area contributed by atoms with Crippen molar-refractivity contribution in [1.29, 1.82) is 0 Å². The van der Waals surface area contributed by atoms with Gasteiger partial charge in [-0.25, -0.2) is 13.1 Å². The number of halogens is 1. The third-order valence-electron chi connectivity index (χ3n) is 2.54. The summed E-state index contributed by atoms with van der Waals surface area (Å²) < 4.78 is 32.0. The van der Waals surface area contributed by atoms with Crippen LogP contribution in [0.25, 0.3) is 0 Å². The molecule has 0 atom stereocenters. The van der Waals surface area contributed by atoms with Crippen molar-refractivity contribution in [2.75, 3.05) is 6.54 Å². The zero-order valence-electron chi connectivity index (χ0n) is 10.0. The number of nitrogens with zero attached hydrogens (tertiary/aromatic N) is 1. The van der Waals surface area contributed by atoms with Gasteiger partial charge in [-0.2, -0.15) is 0 Å². The minimum atomic E-state index is -3.43. The van der Waals surface area contributed by atoms with Gasteiger partial charge in [-0.05, 0) is 37.1 Å². The maximum Gasteiger partial charge on any atom is 0.240 e. The Balaban J connectivity index is 1.86. The van der Waals surface area contributed by atoms with Gasteiger partial charge in [0.25, 0.3) is 0 Å². The molecule has 0 aliphatic rings. The summed E-state index contributed by atoms with van der Waals surface area (Å²) in [6.07, 6.45) is 4.61. The molecular weight excluding hydrogens is 332 g/mol. The fraction of sp³-hybridized carbons (Fsp3) is 0.250. The van der Waals surface area contributed by atoms with Gasteiger partial charge in [0.05, 0.1) is 11.1 Å². The van der Waals surface area contributed by atoms with Crippen LogP contribution < -0.4 is 4.72 Å². The molecule has 1 N–H and O–H groups in total. The van der Waals surface area contributed by atoms with E-state index in [-0.39, 0.29) is 4.90 Å². The molecule has 2 aromatic rings. The van der Waals surface area contributed by atoms with Crippen molar-refractivity contribution in [3.63, 3.8) is 0 Å². The molecule has 0 saturated carbocycles. The van der Waals surface area contributed by atoms with Crippen LogP contribution in [0.3, 0.4) is 0 Å². The summed E-state index contributed by atoms with van der Waals surface area (Å²) >= 11 is 3.27. The van der Waals surface area contributed by atoms with Gasteiger partial charge in [-0.1, -0.05) is 21.1 Å². The molecule has 7 heteroatoms. The quantitative estimate of drug-likeness (QED) is 0.816. The Bertz CT molecular complexity index is 609. The zero-order valence-corrected chi connectivity index (χ0v) is 12.4. The maximum absolute atomic E-state index is 11.9. The first kappa shape index (κ1) is 14.2. The van der Waals surface area contributed by atoms with Crippen molar-refractivity contribution in [1.82, 2.24) is 9.88 Å². The topological polar surface area (TPSA) is 72.2 Å². The minimum Gasteiger partial charge on any atom is -0.364 e. The van der Waals surface area contributed by atoms with Crippen LogP contribution in [0.2, 0.25) is 0 Å². The Hall–Kier alpha value is -1.18. The van der Waals surface area contributed by atoms with Gasteiger partial charge >= 0.3 is 0 Å². The number of nitrogens with one attached hydrogen (secondary N) is 1. The molecule has 0 saturated heterocycles. The Morgan fingerprint density at radius 3 is 2.63 bits per heavy atom. The Labute approximate surface area is 120 Å². The Kier molecular flexibility index (Phi) is 4.73. The van der Waals surface area contributed by atoms with E-state index >= 15 is 0 Å². The molecule has 0 amide bonds. The molecule has 0 fully saturated rings. The average Bonchev–Trinajstić information content (AvgIpc) is 2.88. The third kappa shape index (κ3) is 4.15. The van der Waals surface area contributed by atoms with Gasteiger partial charge in [-0.3, -0.25) is 0 Å². The Morgan fingerprint density at radius 1 is 1.26 bits per heavy atom. The SMILES string of the molecule is O=S(=O)(NCCCc1cnoc1)c1ccc(Br)cc1. The molecule has 1 heterocycles. The van der Waals surface area contributed by atoms with Crippen molar-refractivity contribution in [2.24, 2.45) is 0 Å². The van der Waals surface area contributed by atoms with Crippen molar-refractivity contribution in [3.8, 4) is 0 Å². The summed E-state index contributed by atoms with van der Waals surface area (Å²) in [5, 5.41) is 3.59. The van der Waals surface area contributed by atoms with E-state index in [1.165, 1.54) is 0 Å². The van der Waals surface area contributed by atoms with Gasteiger partial charge in [-0.15, -0.1) is 0 Å². The van der Waals surface area contributed by atoms with Crippen LogP contribution in [-0.2, 0) is 16.4 Å². The van der Waals surface area contributed by atoms with Gasteiger partial charge in [0.15, 0.2) is 0 Å². The van der Waals surface area contributed by atoms with Crippen LogP contribution in [0, 0.1) is 0 Å². The van der Waals surface area contributed by atoms with Crippen molar-refractivity contribution in [3.05, 3.63) is 46.8 Å². The zero-order chi connectivity index (χ0) is 13.7. The van der Waals surface area contributed by atoms with E-state index in [0.717, 1.165) is 16.5 Å². The van der Waals surface area contributed by atoms with Gasteiger partial charge < -0.3 is 4.52 Å². The normalized spacial score (nSPS) is 11.6. The van der Waals surface area contributed by atoms with Crippen LogP contribution in [0.4, 0.5) is 0 Å². The summed E-state index contributed by atoms with van der Waals surface area (Å²) in [5.74, 6) is 0. The minimum absolute atomic E-state index is 0.265. The lowest BCUT2D eigenvalue weighted by atomic mass is 10.2. The van der Waals surface area contributed by atoms with Gasteiger partial charge in [0.1, 0.15) is 6.26 Å². The van der Waals surface area contributed by atoms with Crippen LogP contribution in [-0.4, -0.2) is 20.1 Å². The second-order valence-electron chi connectivity index (χ2n) is 3.99. The summed E-state index contributed by atoms with van der Waals surface area (Å²) in [5.41, 5.74) is 0.961. The first-order chi connectivity index (χ1) is 9.08. The molecule has 19 heavy (non-hydrogen) atoms. The predicted octanol–water partition coefficient (Wildman–Crippen LogP) is 2.35. The highest BCUT2D eigenvalue weighted by molar-refractivity contribution is 9.10. The lowest BCUT2D eigenvalue weighted by molar-refractivity contribution is 0.418. The fourth-order valence-corrected chi connectivity index (χ4v) is 2.88. The van der Waals surface area contributed by atoms with E-state index in [9.17, 15) is 8.42 Å². The predicted molar refractivity (Wildman–Crippen MR) is 74.2 cm³/mol. The highest BCUT2D eigenvalue weighted by Crippen LogP contribution is 2.14. The molecule has 0 bridgehead atoms. The summed E-state index contributed by atoms with van der Waals surface area (Å²) in [6.45, 7) is 0.379. The van der Waals surface area contributed by atoms with Crippen molar-refractivity contribution >= 4 is 26.0 Å². The number of rotatable bonds is 6. The first-order valence-electron chi connectivity index (χ1n) is 5.71. The summed E-state index contributed by atoms with van der Waals surface area (Å²) in [6, 6.07) is 6.52. The van der Waals surface area contributed by atoms with E-state index in [4.69, 9.17) is 4.52 Å². The molecule has 1 aromatic carbocycles. The molecule has 102 valence electrons. The molecule has 0 unspecified atom stereocenters. The highest BCUT2D eigenvalue weighted by Gasteiger charge is 2.12. The van der Waals surface area contributed by atoms with Crippen molar-refractivity contribution < 1.29 is 12.9 Å². The second-order valence-corrected chi connectivity index (χ2v) is 6.67. The van der Waals surface area contributed by atoms with Crippen LogP contribution >= 0.6 is 15.9 Å². The van der Waals surface area contributed by atoms with E-state index in [1.807, 2.05) is 0 Å². The smallest absolute Gasteiger partial charge is 0.240 e. The highest BCUT2D eigenvalue weighted by atomic mass is 79.9. The molecule has 5 nitrogen and oxygen atoms in total. The van der Waals surface area contributed by atoms with Gasteiger partial charge in [0.2, 0.25) is 10.0 Å². The Morgan fingerprint density at radius 2 is 2.00 bits per heavy atom. The number of hydrogen-bond donors (Lipinski definition) is 1. The van der Waals surface area contributed by atoms with Crippen LogP contribution in [0.1, 0.15) is 12.0 Å². The second kappa shape index (κ2) is 6.31. The monoisotopic (exact) mass is 344 g/mol. The molecule has 2 rings (SSSR count). The molecule has 1 aromatic heterocycles. The van der Waals surface area contributed by atoms with Gasteiger partial charge in [0, 0.05) is 16.6 Å². The number of sulfonamides is 1. The molecular formula is C12H13BrN2O3S. The number of hydrogen-bond acceptors (Lipinski definition) is 4. The van der Waals surface area contributed by atoms with Crippen molar-refractivity contribution in [2.45, 2.75) is 17.7 Å². The first-order valence-corrected chi connectivity index (χ1v) is 7.99. The number of aryl methyl sites for hydroxylation is 1. The molecule has 0 aliphatic carbocycles. The third-order valence-corrected chi connectivity index (χ3v) is 4.55. The summed E-state index contributed by atoms with van der Waals surface area (Å²) in [4.78, 5) is 0.265. The molecule has 0 radical (unpaired) electrons. The summed E-state index contributed by atoms with van der Waals surface area (Å²) in [7, 11) is -3.43. The van der Waals surface area contributed by atoms with E-state index in [0.29, 0.717) is 13.0 Å². The van der Waals surface area contributed by atoms with E-state index in [2.05, 4.69) is 25.8 Å². The number of aromatic nitrogens is 1. The average molecular weight is 345 g/mol. The lowest BCUT2D eigenvalue weighted by Crippen LogP contribution is -2.25. The fourth-order valence-electron chi connectivity index (χ4n) is 1.55. The van der Waals surface area contributed by atoms with Crippen LogP contribution in [0.15, 0.2) is 50.6 Å². The van der Waals surface area contributed by atoms with Crippen LogP contribution in [0.5, 0.6) is 0 Å². The van der Waals surface area contributed by atoms with E-state index < -0.39 is 10.0 Å². The molecule has 0 spiro atoms.